The highest BCUT2D eigenvalue weighted by Gasteiger charge is 2.26. The predicted molar refractivity (Wildman–Crippen MR) is 109 cm³/mol. The Hall–Kier alpha value is -2.63. The third-order valence-electron chi connectivity index (χ3n) is 4.32. The Bertz CT molecular complexity index is 838. The summed E-state index contributed by atoms with van der Waals surface area (Å²) in [7, 11) is 3.08. The summed E-state index contributed by atoms with van der Waals surface area (Å²) in [5.74, 6) is 0.765. The van der Waals surface area contributed by atoms with Crippen LogP contribution < -0.4 is 10.1 Å². The number of aliphatic hydroxyl groups excluding tert-OH is 1. The number of fused-ring (bicyclic) bond motifs is 1. The van der Waals surface area contributed by atoms with Crippen LogP contribution in [0.25, 0.3) is 16.7 Å². The number of rotatable bonds is 4. The van der Waals surface area contributed by atoms with Crippen LogP contribution in [0.2, 0.25) is 0 Å². The van der Waals surface area contributed by atoms with Crippen LogP contribution in [0, 0.1) is 0 Å². The lowest BCUT2D eigenvalue weighted by Crippen LogP contribution is -2.31. The lowest BCUT2D eigenvalue weighted by atomic mass is 9.85. The number of benzene rings is 2. The molecule has 0 saturated carbocycles. The van der Waals surface area contributed by atoms with Gasteiger partial charge in [-0.3, -0.25) is 4.79 Å². The number of ether oxygens (including phenoxy) is 2. The normalized spacial score (nSPS) is 14.1. The molecule has 0 aliphatic carbocycles. The first kappa shape index (κ1) is 20.7. The molecule has 0 saturated heterocycles. The lowest BCUT2D eigenvalue weighted by molar-refractivity contribution is 0.0325. The van der Waals surface area contributed by atoms with Gasteiger partial charge in [-0.05, 0) is 44.0 Å². The maximum atomic E-state index is 11.9. The second-order valence-corrected chi connectivity index (χ2v) is 6.86. The van der Waals surface area contributed by atoms with E-state index in [4.69, 9.17) is 9.84 Å². The fourth-order valence-electron chi connectivity index (χ4n) is 3.37. The highest BCUT2D eigenvalue weighted by molar-refractivity contribution is 6.00. The minimum Gasteiger partial charge on any atom is -0.496 e. The molecular weight excluding hydrogens is 342 g/mol. The van der Waals surface area contributed by atoms with Crippen molar-refractivity contribution >= 4 is 17.5 Å². The molecule has 0 fully saturated rings. The van der Waals surface area contributed by atoms with Crippen LogP contribution in [0.4, 0.5) is 5.69 Å². The van der Waals surface area contributed by atoms with Crippen molar-refractivity contribution in [1.29, 1.82) is 0 Å². The third-order valence-corrected chi connectivity index (χ3v) is 4.32. The van der Waals surface area contributed by atoms with Crippen molar-refractivity contribution < 1.29 is 19.4 Å². The van der Waals surface area contributed by atoms with Gasteiger partial charge in [-0.1, -0.05) is 30.3 Å². The molecule has 0 atom stereocenters. The first-order valence-corrected chi connectivity index (χ1v) is 8.72. The van der Waals surface area contributed by atoms with Gasteiger partial charge in [0.1, 0.15) is 12.5 Å². The van der Waals surface area contributed by atoms with Gasteiger partial charge in [0.25, 0.3) is 0 Å². The highest BCUT2D eigenvalue weighted by Crippen LogP contribution is 2.41. The molecule has 27 heavy (non-hydrogen) atoms. The van der Waals surface area contributed by atoms with Crippen LogP contribution in [0.15, 0.2) is 42.5 Å². The molecule has 2 N–H and O–H groups in total. The fourth-order valence-corrected chi connectivity index (χ4v) is 3.37. The predicted octanol–water partition coefficient (Wildman–Crippen LogP) is 4.36. The maximum Gasteiger partial charge on any atom is 0.151 e. The van der Waals surface area contributed by atoms with E-state index < -0.39 is 0 Å². The minimum absolute atomic E-state index is 0.122. The van der Waals surface area contributed by atoms with Crippen LogP contribution in [-0.4, -0.2) is 37.9 Å². The summed E-state index contributed by atoms with van der Waals surface area (Å²) in [4.78, 5) is 11.9. The van der Waals surface area contributed by atoms with E-state index in [1.165, 1.54) is 7.11 Å². The molecule has 5 heteroatoms. The second-order valence-electron chi connectivity index (χ2n) is 6.86. The number of hydrogen-bond acceptors (Lipinski definition) is 5. The van der Waals surface area contributed by atoms with Crippen LogP contribution in [0.3, 0.4) is 0 Å². The molecule has 0 amide bonds. The highest BCUT2D eigenvalue weighted by atomic mass is 16.6. The van der Waals surface area contributed by atoms with Gasteiger partial charge in [0, 0.05) is 29.5 Å². The van der Waals surface area contributed by atoms with Crippen molar-refractivity contribution in [3.8, 4) is 16.9 Å². The number of allylic oxidation sites excluding steroid dienone is 1. The van der Waals surface area contributed by atoms with Crippen molar-refractivity contribution in [3.05, 3.63) is 53.6 Å². The summed E-state index contributed by atoms with van der Waals surface area (Å²) >= 11 is 0. The fraction of sp³-hybridized carbons (Fsp3) is 0.318. The van der Waals surface area contributed by atoms with Gasteiger partial charge in [0.05, 0.1) is 12.6 Å². The Morgan fingerprint density at radius 3 is 2.37 bits per heavy atom. The van der Waals surface area contributed by atoms with Gasteiger partial charge in [0.15, 0.2) is 6.29 Å². The molecule has 2 aromatic carbocycles. The van der Waals surface area contributed by atoms with E-state index in [9.17, 15) is 4.79 Å². The zero-order valence-electron chi connectivity index (χ0n) is 16.5. The van der Waals surface area contributed by atoms with Crippen LogP contribution in [0.1, 0.15) is 36.7 Å². The van der Waals surface area contributed by atoms with E-state index in [1.807, 2.05) is 36.4 Å². The van der Waals surface area contributed by atoms with Crippen LogP contribution in [-0.2, 0) is 4.74 Å². The zero-order valence-corrected chi connectivity index (χ0v) is 16.5. The summed E-state index contributed by atoms with van der Waals surface area (Å²) in [5, 5.41) is 11.1. The first-order valence-electron chi connectivity index (χ1n) is 8.72. The number of carbonyl (C=O) groups is 1. The number of nitrogens with one attached hydrogen (secondary N) is 1. The van der Waals surface area contributed by atoms with Gasteiger partial charge >= 0.3 is 0 Å². The average Bonchev–Trinajstić information content (AvgIpc) is 2.66. The lowest BCUT2D eigenvalue weighted by Gasteiger charge is -2.32. The number of anilines is 1. The largest absolute Gasteiger partial charge is 0.496 e. The van der Waals surface area contributed by atoms with Gasteiger partial charge < -0.3 is 19.9 Å². The topological polar surface area (TPSA) is 67.8 Å². The average molecular weight is 369 g/mol. The van der Waals surface area contributed by atoms with Crippen molar-refractivity contribution in [2.45, 2.75) is 26.3 Å². The number of aldehydes is 1. The van der Waals surface area contributed by atoms with Gasteiger partial charge in [-0.25, -0.2) is 0 Å². The number of methoxy groups -OCH3 is 2. The number of hydrogen-bond donors (Lipinski definition) is 2. The molecule has 144 valence electrons. The van der Waals surface area contributed by atoms with E-state index in [2.05, 4.69) is 36.9 Å². The summed E-state index contributed by atoms with van der Waals surface area (Å²) in [5.41, 5.74) is 5.48. The van der Waals surface area contributed by atoms with Crippen molar-refractivity contribution in [1.82, 2.24) is 0 Å². The van der Waals surface area contributed by atoms with Crippen molar-refractivity contribution in [2.24, 2.45) is 0 Å². The zero-order chi connectivity index (χ0) is 20.0. The summed E-state index contributed by atoms with van der Waals surface area (Å²) in [6, 6.07) is 11.8. The molecule has 1 heterocycles. The monoisotopic (exact) mass is 369 g/mol. The number of para-hydroxylation sites is 1. The SMILES string of the molecule is COCO.COc1ccccc1-c1ccc2c(c1C=O)C(C)=CC(C)(C)N2. The molecule has 1 aliphatic heterocycles. The standard InChI is InChI=1S/C20H21NO2.C2H6O2/c1-13-11-20(2,3)21-17-10-9-14(16(12-22)19(13)17)15-7-5-6-8-18(15)23-4;1-4-2-3/h5-12,21H,1-4H3;3H,2H2,1H3. The summed E-state index contributed by atoms with van der Waals surface area (Å²) in [6.45, 7) is 6.11. The minimum atomic E-state index is -0.181. The summed E-state index contributed by atoms with van der Waals surface area (Å²) in [6.07, 6.45) is 3.10. The Morgan fingerprint density at radius 1 is 1.11 bits per heavy atom. The van der Waals surface area contributed by atoms with E-state index in [0.29, 0.717) is 5.56 Å². The number of aliphatic hydroxyl groups is 1. The molecule has 2 aromatic rings. The first-order chi connectivity index (χ1) is 12.9. The molecule has 0 spiro atoms. The molecule has 0 aromatic heterocycles. The maximum absolute atomic E-state index is 11.9. The van der Waals surface area contributed by atoms with E-state index in [0.717, 1.165) is 40.0 Å². The quantitative estimate of drug-likeness (QED) is 0.619. The Balaban J connectivity index is 0.000000596. The molecule has 0 radical (unpaired) electrons. The van der Waals surface area contributed by atoms with Gasteiger partial charge in [0.2, 0.25) is 0 Å². The third kappa shape index (κ3) is 4.56. The molecular formula is C22H27NO4. The van der Waals surface area contributed by atoms with Crippen molar-refractivity contribution in [2.75, 3.05) is 26.3 Å². The molecule has 0 unspecified atom stereocenters. The molecule has 1 aliphatic rings. The van der Waals surface area contributed by atoms with Gasteiger partial charge in [-0.15, -0.1) is 0 Å². The van der Waals surface area contributed by atoms with E-state index in [-0.39, 0.29) is 12.3 Å². The molecule has 3 rings (SSSR count). The van der Waals surface area contributed by atoms with Crippen molar-refractivity contribution in [3.63, 3.8) is 0 Å². The molecule has 5 nitrogen and oxygen atoms in total. The van der Waals surface area contributed by atoms with E-state index in [1.54, 1.807) is 7.11 Å². The Kier molecular flexibility index (Phi) is 6.77. The Labute approximate surface area is 160 Å². The Morgan fingerprint density at radius 2 is 1.78 bits per heavy atom. The smallest absolute Gasteiger partial charge is 0.151 e. The number of carbonyl (C=O) groups excluding carboxylic acids is 1. The van der Waals surface area contributed by atoms with Crippen LogP contribution in [0.5, 0.6) is 5.75 Å². The van der Waals surface area contributed by atoms with E-state index >= 15 is 0 Å². The second kappa shape index (κ2) is 8.84. The molecule has 0 bridgehead atoms. The van der Waals surface area contributed by atoms with Crippen LogP contribution >= 0.6 is 0 Å². The summed E-state index contributed by atoms with van der Waals surface area (Å²) < 4.78 is 9.55. The van der Waals surface area contributed by atoms with Gasteiger partial charge in [-0.2, -0.15) is 0 Å².